The van der Waals surface area contributed by atoms with Gasteiger partial charge in [-0.2, -0.15) is 4.98 Å². The van der Waals surface area contributed by atoms with Crippen molar-refractivity contribution in [2.45, 2.75) is 13.5 Å². The minimum atomic E-state index is 0.680. The first-order chi connectivity index (χ1) is 9.10. The molecule has 0 amide bonds. The Kier molecular flexibility index (Phi) is 4.21. The van der Waals surface area contributed by atoms with Crippen molar-refractivity contribution in [3.63, 3.8) is 0 Å². The van der Waals surface area contributed by atoms with E-state index in [4.69, 9.17) is 4.74 Å². The van der Waals surface area contributed by atoms with Crippen LogP contribution in [0.25, 0.3) is 0 Å². The van der Waals surface area contributed by atoms with Gasteiger partial charge in [-0.15, -0.1) is 0 Å². The maximum Gasteiger partial charge on any atom is 0.231 e. The molecule has 0 aliphatic heterocycles. The van der Waals surface area contributed by atoms with Gasteiger partial charge in [0.2, 0.25) is 5.88 Å². The van der Waals surface area contributed by atoms with Crippen molar-refractivity contribution in [3.8, 4) is 5.88 Å². The molecule has 0 atom stereocenters. The van der Waals surface area contributed by atoms with E-state index in [1.807, 2.05) is 38.3 Å². The fraction of sp³-hybridized carbons (Fsp3) is 0.385. The molecular formula is C13H18N4OS. The summed E-state index contributed by atoms with van der Waals surface area (Å²) < 4.78 is 5.31. The standard InChI is InChI=1S/C13H18N4OS/c1-9-5-10(7-14-6-9)15-8-11-12(18-4)16-13(19-11)17(2)3/h5-7,15H,8H2,1-4H3. The van der Waals surface area contributed by atoms with E-state index in [-0.39, 0.29) is 0 Å². The lowest BCUT2D eigenvalue weighted by atomic mass is 10.3. The van der Waals surface area contributed by atoms with Gasteiger partial charge in [0.05, 0.1) is 24.2 Å². The highest BCUT2D eigenvalue weighted by atomic mass is 32.1. The van der Waals surface area contributed by atoms with Gasteiger partial charge in [0.1, 0.15) is 0 Å². The Morgan fingerprint density at radius 2 is 2.16 bits per heavy atom. The zero-order chi connectivity index (χ0) is 13.8. The molecule has 0 aromatic carbocycles. The molecule has 0 aliphatic rings. The lowest BCUT2D eigenvalue weighted by Crippen LogP contribution is -2.07. The van der Waals surface area contributed by atoms with Gasteiger partial charge in [0.15, 0.2) is 5.13 Å². The summed E-state index contributed by atoms with van der Waals surface area (Å²) in [4.78, 5) is 11.6. The van der Waals surface area contributed by atoms with Crippen LogP contribution >= 0.6 is 11.3 Å². The van der Waals surface area contributed by atoms with E-state index in [1.165, 1.54) is 0 Å². The third-order valence-electron chi connectivity index (χ3n) is 2.55. The number of nitrogens with zero attached hydrogens (tertiary/aromatic N) is 3. The van der Waals surface area contributed by atoms with E-state index in [1.54, 1.807) is 18.4 Å². The Labute approximate surface area is 117 Å². The number of aryl methyl sites for hydroxylation is 1. The molecule has 0 bridgehead atoms. The third kappa shape index (κ3) is 3.35. The number of nitrogens with one attached hydrogen (secondary N) is 1. The van der Waals surface area contributed by atoms with Crippen molar-refractivity contribution in [2.24, 2.45) is 0 Å². The number of anilines is 2. The summed E-state index contributed by atoms with van der Waals surface area (Å²) in [5.41, 5.74) is 2.14. The summed E-state index contributed by atoms with van der Waals surface area (Å²) in [6, 6.07) is 2.06. The van der Waals surface area contributed by atoms with Crippen molar-refractivity contribution in [3.05, 3.63) is 28.9 Å². The lowest BCUT2D eigenvalue weighted by Gasteiger charge is -2.06. The van der Waals surface area contributed by atoms with E-state index < -0.39 is 0 Å². The predicted octanol–water partition coefficient (Wildman–Crippen LogP) is 2.53. The summed E-state index contributed by atoms with van der Waals surface area (Å²) in [5, 5.41) is 4.28. The lowest BCUT2D eigenvalue weighted by molar-refractivity contribution is 0.397. The second-order valence-corrected chi connectivity index (χ2v) is 5.49. The Morgan fingerprint density at radius 1 is 1.37 bits per heavy atom. The molecule has 5 nitrogen and oxygen atoms in total. The van der Waals surface area contributed by atoms with Crippen LogP contribution in [0, 0.1) is 6.92 Å². The fourth-order valence-corrected chi connectivity index (χ4v) is 2.51. The molecule has 0 unspecified atom stereocenters. The van der Waals surface area contributed by atoms with Gasteiger partial charge in [0.25, 0.3) is 0 Å². The van der Waals surface area contributed by atoms with E-state index in [0.29, 0.717) is 12.4 Å². The van der Waals surface area contributed by atoms with E-state index >= 15 is 0 Å². The first-order valence-corrected chi connectivity index (χ1v) is 6.78. The summed E-state index contributed by atoms with van der Waals surface area (Å²) in [5.74, 6) is 0.682. The molecule has 102 valence electrons. The topological polar surface area (TPSA) is 50.3 Å². The highest BCUT2D eigenvalue weighted by molar-refractivity contribution is 7.15. The number of aromatic nitrogens is 2. The summed E-state index contributed by atoms with van der Waals surface area (Å²) in [6.07, 6.45) is 3.65. The quantitative estimate of drug-likeness (QED) is 0.911. The second-order valence-electron chi connectivity index (χ2n) is 4.43. The molecule has 2 heterocycles. The normalized spacial score (nSPS) is 10.3. The Hall–Kier alpha value is -1.82. The highest BCUT2D eigenvalue weighted by Crippen LogP contribution is 2.30. The van der Waals surface area contributed by atoms with Crippen LogP contribution in [0.5, 0.6) is 5.88 Å². The average molecular weight is 278 g/mol. The van der Waals surface area contributed by atoms with Crippen LogP contribution < -0.4 is 15.0 Å². The van der Waals surface area contributed by atoms with E-state index in [0.717, 1.165) is 21.3 Å². The highest BCUT2D eigenvalue weighted by Gasteiger charge is 2.12. The van der Waals surface area contributed by atoms with Gasteiger partial charge in [-0.1, -0.05) is 11.3 Å². The molecule has 0 spiro atoms. The van der Waals surface area contributed by atoms with Crippen LogP contribution in [0.3, 0.4) is 0 Å². The summed E-state index contributed by atoms with van der Waals surface area (Å²) in [7, 11) is 5.59. The molecule has 0 aliphatic carbocycles. The maximum absolute atomic E-state index is 5.31. The number of pyridine rings is 1. The average Bonchev–Trinajstić information content (AvgIpc) is 2.80. The molecule has 2 rings (SSSR count). The first-order valence-electron chi connectivity index (χ1n) is 5.96. The molecule has 0 fully saturated rings. The molecule has 0 saturated heterocycles. The van der Waals surface area contributed by atoms with Gasteiger partial charge in [-0.25, -0.2) is 0 Å². The van der Waals surface area contributed by atoms with Gasteiger partial charge in [-0.05, 0) is 18.6 Å². The Bertz CT molecular complexity index is 553. The van der Waals surface area contributed by atoms with Gasteiger partial charge in [-0.3, -0.25) is 4.98 Å². The van der Waals surface area contributed by atoms with E-state index in [9.17, 15) is 0 Å². The van der Waals surface area contributed by atoms with Crippen LogP contribution in [0.1, 0.15) is 10.4 Å². The van der Waals surface area contributed by atoms with Crippen LogP contribution in [0.2, 0.25) is 0 Å². The van der Waals surface area contributed by atoms with Crippen molar-refractivity contribution >= 4 is 22.2 Å². The van der Waals surface area contributed by atoms with Crippen molar-refractivity contribution in [2.75, 3.05) is 31.4 Å². The number of ether oxygens (including phenoxy) is 1. The zero-order valence-corrected chi connectivity index (χ0v) is 12.4. The first kappa shape index (κ1) is 13.6. The summed E-state index contributed by atoms with van der Waals surface area (Å²) >= 11 is 1.62. The smallest absolute Gasteiger partial charge is 0.231 e. The zero-order valence-electron chi connectivity index (χ0n) is 11.6. The number of thiazole rings is 1. The largest absolute Gasteiger partial charge is 0.480 e. The van der Waals surface area contributed by atoms with Crippen molar-refractivity contribution in [1.82, 2.24) is 9.97 Å². The minimum Gasteiger partial charge on any atom is -0.480 e. The maximum atomic E-state index is 5.31. The SMILES string of the molecule is COc1nc(N(C)C)sc1CNc1cncc(C)c1. The Morgan fingerprint density at radius 3 is 2.79 bits per heavy atom. The second kappa shape index (κ2) is 5.88. The number of hydrogen-bond donors (Lipinski definition) is 1. The third-order valence-corrected chi connectivity index (χ3v) is 3.76. The summed E-state index contributed by atoms with van der Waals surface area (Å²) in [6.45, 7) is 2.70. The van der Waals surface area contributed by atoms with Gasteiger partial charge >= 0.3 is 0 Å². The monoisotopic (exact) mass is 278 g/mol. The number of rotatable bonds is 5. The van der Waals surface area contributed by atoms with Crippen molar-refractivity contribution < 1.29 is 4.74 Å². The van der Waals surface area contributed by atoms with Gasteiger partial charge < -0.3 is 15.0 Å². The fourth-order valence-electron chi connectivity index (χ4n) is 1.62. The molecule has 2 aromatic heterocycles. The van der Waals surface area contributed by atoms with Crippen LogP contribution in [0.4, 0.5) is 10.8 Å². The minimum absolute atomic E-state index is 0.680. The van der Waals surface area contributed by atoms with Crippen molar-refractivity contribution in [1.29, 1.82) is 0 Å². The molecule has 2 aromatic rings. The molecular weight excluding hydrogens is 260 g/mol. The molecule has 6 heteroatoms. The van der Waals surface area contributed by atoms with Crippen LogP contribution in [-0.2, 0) is 6.54 Å². The predicted molar refractivity (Wildman–Crippen MR) is 79.3 cm³/mol. The van der Waals surface area contributed by atoms with Gasteiger partial charge in [0, 0.05) is 26.5 Å². The molecule has 19 heavy (non-hydrogen) atoms. The van der Waals surface area contributed by atoms with E-state index in [2.05, 4.69) is 21.4 Å². The Balaban J connectivity index is 2.10. The number of methoxy groups -OCH3 is 1. The molecule has 1 N–H and O–H groups in total. The van der Waals surface area contributed by atoms with Crippen LogP contribution in [-0.4, -0.2) is 31.2 Å². The van der Waals surface area contributed by atoms with Crippen LogP contribution in [0.15, 0.2) is 18.5 Å². The molecule has 0 saturated carbocycles. The molecule has 0 radical (unpaired) electrons. The number of hydrogen-bond acceptors (Lipinski definition) is 6.